The van der Waals surface area contributed by atoms with Crippen molar-refractivity contribution in [2.75, 3.05) is 13.7 Å². The van der Waals surface area contributed by atoms with Gasteiger partial charge in [-0.25, -0.2) is 4.98 Å². The monoisotopic (exact) mass is 347 g/mol. The molecule has 1 aliphatic rings. The number of nitrogens with two attached hydrogens (primary N) is 1. The first kappa shape index (κ1) is 17.3. The third-order valence-corrected chi connectivity index (χ3v) is 6.29. The Morgan fingerprint density at radius 3 is 2.79 bits per heavy atom. The number of para-hydroxylation sites is 1. The van der Waals surface area contributed by atoms with Crippen LogP contribution in [0.15, 0.2) is 24.3 Å². The van der Waals surface area contributed by atoms with Gasteiger partial charge in [0, 0.05) is 25.5 Å². The van der Waals surface area contributed by atoms with Crippen molar-refractivity contribution in [1.82, 2.24) is 9.88 Å². The van der Waals surface area contributed by atoms with Gasteiger partial charge in [0.1, 0.15) is 10.5 Å². The van der Waals surface area contributed by atoms with Crippen molar-refractivity contribution in [3.8, 4) is 0 Å². The molecule has 0 saturated heterocycles. The molecule has 1 fully saturated rings. The summed E-state index contributed by atoms with van der Waals surface area (Å²) >= 11 is 1.62. The van der Waals surface area contributed by atoms with Crippen LogP contribution < -0.4 is 5.73 Å². The predicted molar refractivity (Wildman–Crippen MR) is 96.8 cm³/mol. The zero-order chi connectivity index (χ0) is 17.5. The highest BCUT2D eigenvalue weighted by Crippen LogP contribution is 2.50. The van der Waals surface area contributed by atoms with E-state index in [1.54, 1.807) is 23.3 Å². The highest BCUT2D eigenvalue weighted by molar-refractivity contribution is 7.18. The molecule has 1 saturated carbocycles. The van der Waals surface area contributed by atoms with E-state index < -0.39 is 5.54 Å². The Bertz CT molecular complexity index is 725. The maximum absolute atomic E-state index is 13.0. The molecule has 5 nitrogen and oxygen atoms in total. The van der Waals surface area contributed by atoms with Crippen molar-refractivity contribution in [3.63, 3.8) is 0 Å². The van der Waals surface area contributed by atoms with Crippen molar-refractivity contribution in [3.05, 3.63) is 29.3 Å². The summed E-state index contributed by atoms with van der Waals surface area (Å²) < 4.78 is 6.85. The molecule has 1 amide bonds. The summed E-state index contributed by atoms with van der Waals surface area (Å²) in [5.41, 5.74) is 6.21. The molecule has 0 bridgehead atoms. The van der Waals surface area contributed by atoms with Crippen LogP contribution >= 0.6 is 11.3 Å². The van der Waals surface area contributed by atoms with E-state index in [0.29, 0.717) is 19.6 Å². The van der Waals surface area contributed by atoms with Gasteiger partial charge in [0.05, 0.1) is 22.9 Å². The van der Waals surface area contributed by atoms with E-state index in [1.807, 2.05) is 45.0 Å². The lowest BCUT2D eigenvalue weighted by molar-refractivity contribution is -0.178. The summed E-state index contributed by atoms with van der Waals surface area (Å²) in [6.45, 7) is 7.11. The number of ether oxygens (including phenoxy) is 1. The van der Waals surface area contributed by atoms with E-state index in [-0.39, 0.29) is 17.4 Å². The fraction of sp³-hybridized carbons (Fsp3) is 0.556. The summed E-state index contributed by atoms with van der Waals surface area (Å²) in [5, 5.41) is 0.925. The van der Waals surface area contributed by atoms with Crippen LogP contribution in [0.25, 0.3) is 10.2 Å². The Labute approximate surface area is 146 Å². The molecule has 1 aliphatic carbocycles. The van der Waals surface area contributed by atoms with E-state index in [2.05, 4.69) is 4.98 Å². The number of hydrogen-bond donors (Lipinski definition) is 1. The smallest absolute Gasteiger partial charge is 0.243 e. The van der Waals surface area contributed by atoms with Crippen LogP contribution in [0.2, 0.25) is 0 Å². The third kappa shape index (κ3) is 2.62. The maximum atomic E-state index is 13.0. The van der Waals surface area contributed by atoms with E-state index in [4.69, 9.17) is 10.5 Å². The third-order valence-electron chi connectivity index (χ3n) is 5.27. The summed E-state index contributed by atoms with van der Waals surface area (Å²) in [4.78, 5) is 19.3. The minimum Gasteiger partial charge on any atom is -0.378 e. The number of nitrogens with zero attached hydrogens (tertiary/aromatic N) is 2. The standard InChI is InChI=1S/C18H25N3O2S/c1-5-23-14-10-18(19,17(14,2)3)16(22)21(4)11-15-20-12-8-6-7-9-13(12)24-15/h6-9,14H,5,10-11,19H2,1-4H3. The van der Waals surface area contributed by atoms with Crippen LogP contribution in [0, 0.1) is 5.41 Å². The van der Waals surface area contributed by atoms with Crippen molar-refractivity contribution in [1.29, 1.82) is 0 Å². The normalized spacial score (nSPS) is 25.5. The molecule has 1 heterocycles. The van der Waals surface area contributed by atoms with Crippen LogP contribution in [-0.4, -0.2) is 41.1 Å². The Balaban J connectivity index is 1.73. The number of amides is 1. The number of hydrogen-bond acceptors (Lipinski definition) is 5. The molecule has 1 aromatic carbocycles. The molecule has 2 N–H and O–H groups in total. The van der Waals surface area contributed by atoms with Gasteiger partial charge in [0.25, 0.3) is 0 Å². The van der Waals surface area contributed by atoms with Gasteiger partial charge in [0.15, 0.2) is 0 Å². The number of carbonyl (C=O) groups is 1. The molecule has 0 spiro atoms. The van der Waals surface area contributed by atoms with E-state index in [1.165, 1.54) is 0 Å². The number of rotatable bonds is 5. The second-order valence-electron chi connectivity index (χ2n) is 7.08. The first-order valence-electron chi connectivity index (χ1n) is 8.30. The lowest BCUT2D eigenvalue weighted by atomic mass is 9.54. The topological polar surface area (TPSA) is 68.5 Å². The Hall–Kier alpha value is -1.50. The van der Waals surface area contributed by atoms with Gasteiger partial charge in [-0.2, -0.15) is 0 Å². The molecular formula is C18H25N3O2S. The van der Waals surface area contributed by atoms with Crippen molar-refractivity contribution in [2.24, 2.45) is 11.1 Å². The number of likely N-dealkylation sites (N-methyl/N-ethyl adjacent to an activating group) is 1. The SMILES string of the molecule is CCOC1CC(N)(C(=O)N(C)Cc2nc3ccccc3s2)C1(C)C. The van der Waals surface area contributed by atoms with Crippen LogP contribution in [0.4, 0.5) is 0 Å². The van der Waals surface area contributed by atoms with E-state index in [9.17, 15) is 4.79 Å². The van der Waals surface area contributed by atoms with Gasteiger partial charge < -0.3 is 15.4 Å². The van der Waals surface area contributed by atoms with Gasteiger partial charge in [-0.1, -0.05) is 26.0 Å². The molecule has 2 unspecified atom stereocenters. The quantitative estimate of drug-likeness (QED) is 0.903. The zero-order valence-electron chi connectivity index (χ0n) is 14.7. The first-order valence-corrected chi connectivity index (χ1v) is 9.11. The van der Waals surface area contributed by atoms with Gasteiger partial charge >= 0.3 is 0 Å². The number of thiazole rings is 1. The van der Waals surface area contributed by atoms with Gasteiger partial charge in [-0.05, 0) is 19.1 Å². The zero-order valence-corrected chi connectivity index (χ0v) is 15.5. The highest BCUT2D eigenvalue weighted by Gasteiger charge is 2.63. The molecule has 3 rings (SSSR count). The average molecular weight is 347 g/mol. The van der Waals surface area contributed by atoms with Crippen molar-refractivity contribution < 1.29 is 9.53 Å². The summed E-state index contributed by atoms with van der Waals surface area (Å²) in [6, 6.07) is 8.01. The Morgan fingerprint density at radius 1 is 1.46 bits per heavy atom. The Kier molecular flexibility index (Phi) is 4.40. The molecule has 2 aromatic rings. The second kappa shape index (κ2) is 6.10. The molecule has 0 aliphatic heterocycles. The molecule has 130 valence electrons. The molecule has 1 aromatic heterocycles. The number of benzene rings is 1. The minimum atomic E-state index is -0.877. The van der Waals surface area contributed by atoms with E-state index in [0.717, 1.165) is 15.2 Å². The number of fused-ring (bicyclic) bond motifs is 1. The second-order valence-corrected chi connectivity index (χ2v) is 8.19. The maximum Gasteiger partial charge on any atom is 0.243 e. The number of carbonyl (C=O) groups excluding carboxylic acids is 1. The summed E-state index contributed by atoms with van der Waals surface area (Å²) in [5.74, 6) is -0.0392. The molecule has 0 radical (unpaired) electrons. The number of aromatic nitrogens is 1. The Morgan fingerprint density at radius 2 is 2.17 bits per heavy atom. The fourth-order valence-electron chi connectivity index (χ4n) is 3.40. The molecule has 2 atom stereocenters. The molecular weight excluding hydrogens is 322 g/mol. The lowest BCUT2D eigenvalue weighted by Gasteiger charge is -2.58. The average Bonchev–Trinajstić information content (AvgIpc) is 2.95. The minimum absolute atomic E-state index is 0.0345. The highest BCUT2D eigenvalue weighted by atomic mass is 32.1. The van der Waals surface area contributed by atoms with Crippen LogP contribution in [-0.2, 0) is 16.1 Å². The van der Waals surface area contributed by atoms with Crippen LogP contribution in [0.5, 0.6) is 0 Å². The van der Waals surface area contributed by atoms with Gasteiger partial charge in [0.2, 0.25) is 5.91 Å². The van der Waals surface area contributed by atoms with Gasteiger partial charge in [-0.3, -0.25) is 4.79 Å². The fourth-order valence-corrected chi connectivity index (χ4v) is 4.42. The molecule has 6 heteroatoms. The molecule has 24 heavy (non-hydrogen) atoms. The van der Waals surface area contributed by atoms with Crippen molar-refractivity contribution >= 4 is 27.5 Å². The lowest BCUT2D eigenvalue weighted by Crippen LogP contribution is -2.75. The van der Waals surface area contributed by atoms with E-state index >= 15 is 0 Å². The predicted octanol–water partition coefficient (Wildman–Crippen LogP) is 2.79. The summed E-state index contributed by atoms with van der Waals surface area (Å²) in [7, 11) is 1.80. The van der Waals surface area contributed by atoms with Crippen LogP contribution in [0.1, 0.15) is 32.2 Å². The summed E-state index contributed by atoms with van der Waals surface area (Å²) in [6.07, 6.45) is 0.601. The van der Waals surface area contributed by atoms with Crippen molar-refractivity contribution in [2.45, 2.75) is 45.4 Å². The first-order chi connectivity index (χ1) is 11.3. The van der Waals surface area contributed by atoms with Gasteiger partial charge in [-0.15, -0.1) is 11.3 Å². The largest absolute Gasteiger partial charge is 0.378 e. The van der Waals surface area contributed by atoms with Crippen LogP contribution in [0.3, 0.4) is 0 Å².